The molecule has 0 spiro atoms. The second-order valence-electron chi connectivity index (χ2n) is 6.48. The van der Waals surface area contributed by atoms with E-state index in [0.29, 0.717) is 11.3 Å². The van der Waals surface area contributed by atoms with Crippen LogP contribution in [0.4, 0.5) is 0 Å². The normalized spacial score (nSPS) is 28.2. The highest BCUT2D eigenvalue weighted by Crippen LogP contribution is 2.65. The van der Waals surface area contributed by atoms with Crippen molar-refractivity contribution < 1.29 is 9.66 Å². The first kappa shape index (κ1) is 15.2. The lowest BCUT2D eigenvalue weighted by molar-refractivity contribution is -0.622. The highest BCUT2D eigenvalue weighted by Gasteiger charge is 2.77. The summed E-state index contributed by atoms with van der Waals surface area (Å²) >= 11 is 0. The van der Waals surface area contributed by atoms with Crippen LogP contribution in [0.25, 0.3) is 10.8 Å². The summed E-state index contributed by atoms with van der Waals surface area (Å²) in [7, 11) is 0. The summed E-state index contributed by atoms with van der Waals surface area (Å²) in [5.41, 5.74) is -2.84. The smallest absolute Gasteiger partial charge is 0.378 e. The maximum Gasteiger partial charge on any atom is 0.378 e. The van der Waals surface area contributed by atoms with Crippen LogP contribution in [-0.2, 0) is 0 Å². The van der Waals surface area contributed by atoms with Gasteiger partial charge in [-0.1, -0.05) is 36.4 Å². The number of benzene rings is 2. The summed E-state index contributed by atoms with van der Waals surface area (Å²) in [6, 6.07) is 15.0. The number of ether oxygens (including phenoxy) is 1. The Morgan fingerprint density at radius 3 is 2.64 bits per heavy atom. The zero-order valence-corrected chi connectivity index (χ0v) is 13.2. The third-order valence-electron chi connectivity index (χ3n) is 5.44. The Balaban J connectivity index is 2.12. The summed E-state index contributed by atoms with van der Waals surface area (Å²) in [5.74, 6) is -1.35. The molecule has 3 atom stereocenters. The molecular weight excluding hydrogens is 318 g/mol. The molecule has 2 aromatic carbocycles. The molecular formula is C19H13N3O3. The number of nitrogens with zero attached hydrogens (tertiary/aromatic N) is 3. The van der Waals surface area contributed by atoms with Gasteiger partial charge in [0.2, 0.25) is 0 Å². The molecule has 0 bridgehead atoms. The van der Waals surface area contributed by atoms with Crippen molar-refractivity contribution >= 4 is 10.8 Å². The van der Waals surface area contributed by atoms with E-state index in [1.807, 2.05) is 30.3 Å². The van der Waals surface area contributed by atoms with Gasteiger partial charge in [0.05, 0.1) is 23.0 Å². The van der Waals surface area contributed by atoms with E-state index in [-0.39, 0.29) is 6.42 Å². The fraction of sp³-hybridized carbons (Fsp3) is 0.263. The Morgan fingerprint density at radius 2 is 2.00 bits per heavy atom. The van der Waals surface area contributed by atoms with Gasteiger partial charge in [-0.2, -0.15) is 10.5 Å². The number of nitro groups is 1. The van der Waals surface area contributed by atoms with Crippen LogP contribution in [0.3, 0.4) is 0 Å². The lowest BCUT2D eigenvalue weighted by atomic mass is 9.74. The molecule has 0 aromatic heterocycles. The molecule has 0 N–H and O–H groups in total. The van der Waals surface area contributed by atoms with Gasteiger partial charge in [-0.25, -0.2) is 0 Å². The molecule has 6 heteroatoms. The number of hydrogen-bond donors (Lipinski definition) is 0. The van der Waals surface area contributed by atoms with Crippen LogP contribution in [0.15, 0.2) is 49.1 Å². The molecule has 1 saturated carbocycles. The minimum atomic E-state index is -1.88. The average Bonchev–Trinajstić information content (AvgIpc) is 3.13. The number of fused-ring (bicyclic) bond motifs is 5. The van der Waals surface area contributed by atoms with E-state index >= 15 is 0 Å². The standard InChI is InChI=1S/C19H13N3O3/c1-2-13-9-18(10-20,11-21)17-16-14-6-4-3-5-12(14)7-8-15(16)25-19(13,17)22(23)24/h2-8,13,17H,1,9H2/t13?,17-,19+/m1/s1. The summed E-state index contributed by atoms with van der Waals surface area (Å²) < 4.78 is 5.88. The van der Waals surface area contributed by atoms with E-state index in [0.717, 1.165) is 10.8 Å². The minimum absolute atomic E-state index is 0.0256. The van der Waals surface area contributed by atoms with Crippen molar-refractivity contribution in [2.45, 2.75) is 18.1 Å². The van der Waals surface area contributed by atoms with Crippen LogP contribution in [0, 0.1) is 44.1 Å². The second-order valence-corrected chi connectivity index (χ2v) is 6.48. The van der Waals surface area contributed by atoms with Gasteiger partial charge in [0, 0.05) is 5.56 Å². The third kappa shape index (κ3) is 1.61. The highest BCUT2D eigenvalue weighted by atomic mass is 16.7. The summed E-state index contributed by atoms with van der Waals surface area (Å²) in [4.78, 5) is 11.6. The van der Waals surface area contributed by atoms with Crippen molar-refractivity contribution in [2.75, 3.05) is 0 Å². The van der Waals surface area contributed by atoms with Gasteiger partial charge in [-0.15, -0.1) is 6.58 Å². The zero-order valence-electron chi connectivity index (χ0n) is 13.2. The molecule has 1 unspecified atom stereocenters. The van der Waals surface area contributed by atoms with E-state index in [4.69, 9.17) is 4.74 Å². The van der Waals surface area contributed by atoms with Gasteiger partial charge >= 0.3 is 5.72 Å². The SMILES string of the molecule is C=CC1CC(C#N)(C#N)[C@H]2c3c(ccc4ccccc34)O[C@@]12[N+](=O)[O-]. The van der Waals surface area contributed by atoms with Crippen LogP contribution in [0.5, 0.6) is 5.75 Å². The van der Waals surface area contributed by atoms with Crippen LogP contribution >= 0.6 is 0 Å². The predicted molar refractivity (Wildman–Crippen MR) is 89.0 cm³/mol. The van der Waals surface area contributed by atoms with Gasteiger partial charge < -0.3 is 4.74 Å². The van der Waals surface area contributed by atoms with Gasteiger partial charge in [0.1, 0.15) is 11.7 Å². The van der Waals surface area contributed by atoms with Crippen molar-refractivity contribution in [3.05, 3.63) is 64.7 Å². The summed E-state index contributed by atoms with van der Waals surface area (Å²) in [6.45, 7) is 3.69. The van der Waals surface area contributed by atoms with Gasteiger partial charge in [-0.05, 0) is 23.3 Å². The molecule has 1 aliphatic carbocycles. The first-order valence-electron chi connectivity index (χ1n) is 7.84. The Morgan fingerprint density at radius 1 is 1.28 bits per heavy atom. The monoisotopic (exact) mass is 331 g/mol. The predicted octanol–water partition coefficient (Wildman–Crippen LogP) is 3.53. The van der Waals surface area contributed by atoms with E-state index < -0.39 is 27.9 Å². The van der Waals surface area contributed by atoms with E-state index in [1.165, 1.54) is 6.08 Å². The third-order valence-corrected chi connectivity index (χ3v) is 5.44. The average molecular weight is 331 g/mol. The highest BCUT2D eigenvalue weighted by molar-refractivity contribution is 5.89. The quantitative estimate of drug-likeness (QED) is 0.476. The Bertz CT molecular complexity index is 1000. The number of hydrogen-bond acceptors (Lipinski definition) is 5. The molecule has 6 nitrogen and oxygen atoms in total. The molecule has 2 aromatic rings. The zero-order chi connectivity index (χ0) is 17.8. The molecule has 0 amide bonds. The largest absolute Gasteiger partial charge is 0.426 e. The topological polar surface area (TPSA) is 100.0 Å². The van der Waals surface area contributed by atoms with Crippen molar-refractivity contribution in [1.29, 1.82) is 10.5 Å². The molecule has 0 saturated heterocycles. The van der Waals surface area contributed by atoms with E-state index in [2.05, 4.69) is 18.7 Å². The van der Waals surface area contributed by atoms with Gasteiger partial charge in [0.15, 0.2) is 5.41 Å². The minimum Gasteiger partial charge on any atom is -0.426 e. The Labute approximate surface area is 143 Å². The summed E-state index contributed by atoms with van der Waals surface area (Å²) in [5, 5.41) is 33.3. The molecule has 1 fully saturated rings. The molecule has 2 aliphatic rings. The van der Waals surface area contributed by atoms with Crippen molar-refractivity contribution in [1.82, 2.24) is 0 Å². The number of rotatable bonds is 2. The first-order valence-corrected chi connectivity index (χ1v) is 7.84. The fourth-order valence-corrected chi connectivity index (χ4v) is 4.38. The van der Waals surface area contributed by atoms with Crippen molar-refractivity contribution in [2.24, 2.45) is 11.3 Å². The van der Waals surface area contributed by atoms with E-state index in [9.17, 15) is 20.6 Å². The first-order chi connectivity index (χ1) is 12.0. The van der Waals surface area contributed by atoms with Crippen molar-refractivity contribution in [3.63, 3.8) is 0 Å². The Hall–Kier alpha value is -3.38. The van der Waals surface area contributed by atoms with E-state index in [1.54, 1.807) is 6.07 Å². The molecule has 1 heterocycles. The molecule has 25 heavy (non-hydrogen) atoms. The lowest BCUT2D eigenvalue weighted by Crippen LogP contribution is -2.49. The maximum atomic E-state index is 12.1. The van der Waals surface area contributed by atoms with Crippen LogP contribution in [0.1, 0.15) is 17.9 Å². The maximum absolute atomic E-state index is 12.1. The van der Waals surface area contributed by atoms with Crippen LogP contribution in [0.2, 0.25) is 0 Å². The molecule has 122 valence electrons. The number of nitriles is 2. The fourth-order valence-electron chi connectivity index (χ4n) is 4.38. The van der Waals surface area contributed by atoms with Crippen LogP contribution in [-0.4, -0.2) is 10.6 Å². The lowest BCUT2D eigenvalue weighted by Gasteiger charge is -2.25. The van der Waals surface area contributed by atoms with Gasteiger partial charge in [0.25, 0.3) is 0 Å². The summed E-state index contributed by atoms with van der Waals surface area (Å²) in [6.07, 6.45) is 1.46. The second kappa shape index (κ2) is 4.81. The van der Waals surface area contributed by atoms with Crippen LogP contribution < -0.4 is 4.74 Å². The molecule has 1 aliphatic heterocycles. The Kier molecular flexibility index (Phi) is 2.92. The van der Waals surface area contributed by atoms with Crippen molar-refractivity contribution in [3.8, 4) is 17.9 Å². The molecule has 0 radical (unpaired) electrons. The van der Waals surface area contributed by atoms with Gasteiger partial charge in [-0.3, -0.25) is 10.1 Å². The molecule has 4 rings (SSSR count).